The second kappa shape index (κ2) is 7.17. The Morgan fingerprint density at radius 1 is 1.35 bits per heavy atom. The highest BCUT2D eigenvalue weighted by Crippen LogP contribution is 2.37. The van der Waals surface area contributed by atoms with Crippen molar-refractivity contribution in [1.82, 2.24) is 19.9 Å². The normalized spacial score (nSPS) is 16.6. The Morgan fingerprint density at radius 3 is 2.96 bits per heavy atom. The molecule has 3 N–H and O–H groups in total. The monoisotopic (exact) mass is 369 g/mol. The van der Waals surface area contributed by atoms with Crippen LogP contribution in [-0.2, 0) is 17.9 Å². The van der Waals surface area contributed by atoms with Crippen LogP contribution in [0.4, 0.5) is 5.13 Å². The van der Waals surface area contributed by atoms with Gasteiger partial charge in [-0.05, 0) is 17.7 Å². The van der Waals surface area contributed by atoms with Gasteiger partial charge >= 0.3 is 0 Å². The summed E-state index contributed by atoms with van der Waals surface area (Å²) in [7, 11) is 0. The number of amides is 1. The predicted molar refractivity (Wildman–Crippen MR) is 99.0 cm³/mol. The quantitative estimate of drug-likeness (QED) is 0.719. The van der Waals surface area contributed by atoms with E-state index in [4.69, 9.17) is 10.5 Å². The molecule has 0 radical (unpaired) electrons. The number of imidazole rings is 1. The van der Waals surface area contributed by atoms with E-state index in [1.165, 1.54) is 11.3 Å². The summed E-state index contributed by atoms with van der Waals surface area (Å²) >= 11 is 1.46. The van der Waals surface area contributed by atoms with Crippen molar-refractivity contribution in [3.63, 3.8) is 0 Å². The van der Waals surface area contributed by atoms with Gasteiger partial charge in [0.15, 0.2) is 5.13 Å². The minimum absolute atomic E-state index is 0.0256. The van der Waals surface area contributed by atoms with E-state index >= 15 is 0 Å². The van der Waals surface area contributed by atoms with Gasteiger partial charge in [0.05, 0.1) is 25.1 Å². The number of benzene rings is 1. The van der Waals surface area contributed by atoms with E-state index in [9.17, 15) is 4.79 Å². The van der Waals surface area contributed by atoms with Crippen molar-refractivity contribution in [1.29, 1.82) is 0 Å². The van der Waals surface area contributed by atoms with Gasteiger partial charge in [0.25, 0.3) is 0 Å². The number of carbonyl (C=O) groups is 1. The van der Waals surface area contributed by atoms with Crippen LogP contribution in [0.3, 0.4) is 0 Å². The number of rotatable bonds is 5. The van der Waals surface area contributed by atoms with E-state index in [0.29, 0.717) is 24.7 Å². The van der Waals surface area contributed by atoms with Crippen molar-refractivity contribution in [2.45, 2.75) is 25.4 Å². The molecule has 3 heterocycles. The number of hydrogen-bond donors (Lipinski definition) is 2. The number of thiazole rings is 1. The van der Waals surface area contributed by atoms with Crippen LogP contribution in [0, 0.1) is 0 Å². The molecule has 0 aliphatic carbocycles. The molecule has 7 nitrogen and oxygen atoms in total. The molecule has 1 unspecified atom stereocenters. The third-order valence-corrected chi connectivity index (χ3v) is 5.40. The van der Waals surface area contributed by atoms with Crippen molar-refractivity contribution in [2.24, 2.45) is 0 Å². The Bertz CT molecular complexity index is 889. The maximum Gasteiger partial charge on any atom is 0.221 e. The first-order chi connectivity index (χ1) is 12.7. The molecule has 4 rings (SSSR count). The van der Waals surface area contributed by atoms with Crippen LogP contribution in [-0.4, -0.2) is 27.0 Å². The van der Waals surface area contributed by atoms with E-state index in [0.717, 1.165) is 28.4 Å². The van der Waals surface area contributed by atoms with Crippen molar-refractivity contribution in [3.05, 3.63) is 59.1 Å². The number of nitrogen functional groups attached to an aromatic ring is 1. The Labute approximate surface area is 154 Å². The molecule has 2 aromatic heterocycles. The van der Waals surface area contributed by atoms with Gasteiger partial charge in [-0.15, -0.1) is 11.3 Å². The molecule has 1 aromatic carbocycles. The molecule has 134 valence electrons. The molecule has 1 aliphatic heterocycles. The second-order valence-electron chi connectivity index (χ2n) is 6.11. The van der Waals surface area contributed by atoms with Gasteiger partial charge in [-0.1, -0.05) is 12.1 Å². The summed E-state index contributed by atoms with van der Waals surface area (Å²) in [6.07, 6.45) is 5.82. The number of nitrogens with one attached hydrogen (secondary N) is 1. The molecule has 3 aromatic rings. The van der Waals surface area contributed by atoms with E-state index in [1.807, 2.05) is 35.0 Å². The smallest absolute Gasteiger partial charge is 0.221 e. The number of nitrogens with zero attached hydrogens (tertiary/aromatic N) is 3. The van der Waals surface area contributed by atoms with Gasteiger partial charge in [0.2, 0.25) is 5.91 Å². The summed E-state index contributed by atoms with van der Waals surface area (Å²) < 4.78 is 7.75. The van der Waals surface area contributed by atoms with Crippen LogP contribution >= 0.6 is 11.3 Å². The fourth-order valence-electron chi connectivity index (χ4n) is 3.07. The lowest BCUT2D eigenvalue weighted by molar-refractivity contribution is -0.121. The standard InChI is InChI=1S/C18H19N5O2S/c19-18-22-15-10-21-16(24)9-14(17(15)26-18)12-1-3-13(4-2-12)25-8-7-23-6-5-20-11-23/h1-6,11,14H,7-10H2,(H2,19,22)(H,21,24). The number of nitrogens with two attached hydrogens (primary N) is 1. The van der Waals surface area contributed by atoms with Crippen molar-refractivity contribution in [2.75, 3.05) is 12.3 Å². The lowest BCUT2D eigenvalue weighted by atomic mass is 9.93. The molecule has 1 amide bonds. The third kappa shape index (κ3) is 3.55. The van der Waals surface area contributed by atoms with Crippen LogP contribution in [0.15, 0.2) is 43.0 Å². The molecule has 0 fully saturated rings. The number of ether oxygens (including phenoxy) is 1. The topological polar surface area (TPSA) is 95.1 Å². The molecule has 0 bridgehead atoms. The Kier molecular flexibility index (Phi) is 4.57. The summed E-state index contributed by atoms with van der Waals surface area (Å²) in [4.78, 5) is 21.5. The lowest BCUT2D eigenvalue weighted by Crippen LogP contribution is -2.21. The molecule has 1 atom stereocenters. The van der Waals surface area contributed by atoms with Crippen LogP contribution in [0.1, 0.15) is 28.5 Å². The Balaban J connectivity index is 1.47. The lowest BCUT2D eigenvalue weighted by Gasteiger charge is -2.14. The number of fused-ring (bicyclic) bond motifs is 1. The van der Waals surface area contributed by atoms with Crippen LogP contribution in [0.25, 0.3) is 0 Å². The van der Waals surface area contributed by atoms with Crippen LogP contribution in [0.5, 0.6) is 5.75 Å². The van der Waals surface area contributed by atoms with E-state index in [-0.39, 0.29) is 11.8 Å². The summed E-state index contributed by atoms with van der Waals surface area (Å²) in [6, 6.07) is 7.90. The first-order valence-electron chi connectivity index (χ1n) is 8.39. The van der Waals surface area contributed by atoms with Crippen LogP contribution < -0.4 is 15.8 Å². The average molecular weight is 369 g/mol. The molecule has 0 saturated carbocycles. The first kappa shape index (κ1) is 16.6. The molecular weight excluding hydrogens is 350 g/mol. The van der Waals surface area contributed by atoms with Crippen molar-refractivity contribution in [3.8, 4) is 5.75 Å². The molecule has 1 aliphatic rings. The van der Waals surface area contributed by atoms with Gasteiger partial charge in [-0.2, -0.15) is 0 Å². The predicted octanol–water partition coefficient (Wildman–Crippen LogP) is 2.15. The SMILES string of the molecule is Nc1nc2c(s1)C(c1ccc(OCCn3ccnc3)cc1)CC(=O)NC2. The number of hydrogen-bond acceptors (Lipinski definition) is 6. The largest absolute Gasteiger partial charge is 0.492 e. The fourth-order valence-corrected chi connectivity index (χ4v) is 4.05. The summed E-state index contributed by atoms with van der Waals surface area (Å²) in [5, 5.41) is 3.42. The maximum atomic E-state index is 12.0. The summed E-state index contributed by atoms with van der Waals surface area (Å²) in [5.74, 6) is 0.803. The molecular formula is C18H19N5O2S. The minimum atomic E-state index is -0.0256. The first-order valence-corrected chi connectivity index (χ1v) is 9.21. The zero-order valence-electron chi connectivity index (χ0n) is 14.1. The zero-order valence-corrected chi connectivity index (χ0v) is 14.9. The molecule has 0 saturated heterocycles. The van der Waals surface area contributed by atoms with E-state index < -0.39 is 0 Å². The van der Waals surface area contributed by atoms with Gasteiger partial charge in [-0.25, -0.2) is 9.97 Å². The van der Waals surface area contributed by atoms with Gasteiger partial charge in [0, 0.05) is 29.6 Å². The second-order valence-corrected chi connectivity index (χ2v) is 7.18. The highest BCUT2D eigenvalue weighted by atomic mass is 32.1. The fraction of sp³-hybridized carbons (Fsp3) is 0.278. The summed E-state index contributed by atoms with van der Waals surface area (Å²) in [5.41, 5.74) is 7.80. The highest BCUT2D eigenvalue weighted by Gasteiger charge is 2.27. The number of anilines is 1. The number of carbonyl (C=O) groups excluding carboxylic acids is 1. The maximum absolute atomic E-state index is 12.0. The highest BCUT2D eigenvalue weighted by molar-refractivity contribution is 7.15. The minimum Gasteiger partial charge on any atom is -0.492 e. The molecule has 26 heavy (non-hydrogen) atoms. The molecule has 0 spiro atoms. The van der Waals surface area contributed by atoms with E-state index in [2.05, 4.69) is 15.3 Å². The van der Waals surface area contributed by atoms with Crippen molar-refractivity contribution >= 4 is 22.4 Å². The van der Waals surface area contributed by atoms with E-state index in [1.54, 1.807) is 12.5 Å². The third-order valence-electron chi connectivity index (χ3n) is 4.36. The van der Waals surface area contributed by atoms with Crippen LogP contribution in [0.2, 0.25) is 0 Å². The van der Waals surface area contributed by atoms with Gasteiger partial charge in [-0.3, -0.25) is 4.79 Å². The Morgan fingerprint density at radius 2 is 2.19 bits per heavy atom. The number of aromatic nitrogens is 3. The summed E-state index contributed by atoms with van der Waals surface area (Å²) in [6.45, 7) is 1.75. The van der Waals surface area contributed by atoms with Crippen molar-refractivity contribution < 1.29 is 9.53 Å². The molecule has 8 heteroatoms. The van der Waals surface area contributed by atoms with Gasteiger partial charge in [0.1, 0.15) is 12.4 Å². The average Bonchev–Trinajstić information content (AvgIpc) is 3.25. The Hall–Kier alpha value is -2.87. The van der Waals surface area contributed by atoms with Gasteiger partial charge < -0.3 is 20.4 Å². The zero-order chi connectivity index (χ0) is 17.9.